The third kappa shape index (κ3) is 2.03. The van der Waals surface area contributed by atoms with E-state index < -0.39 is 5.97 Å². The van der Waals surface area contributed by atoms with Crippen LogP contribution in [0.1, 0.15) is 24.2 Å². The number of carbonyl (C=O) groups is 1. The van der Waals surface area contributed by atoms with Gasteiger partial charge in [0.2, 0.25) is 0 Å². The molecule has 0 radical (unpaired) electrons. The van der Waals surface area contributed by atoms with E-state index >= 15 is 0 Å². The molecule has 3 N–H and O–H groups in total. The summed E-state index contributed by atoms with van der Waals surface area (Å²) in [5.74, 6) is 0.340. The van der Waals surface area contributed by atoms with Crippen molar-refractivity contribution in [3.63, 3.8) is 0 Å². The van der Waals surface area contributed by atoms with Crippen LogP contribution >= 0.6 is 0 Å². The Hall–Kier alpha value is -1.72. The molecule has 1 aromatic heterocycles. The number of anilines is 2. The lowest BCUT2D eigenvalue weighted by Gasteiger charge is -2.01. The minimum atomic E-state index is -0.469. The molecule has 1 aromatic rings. The number of nitrogens with zero attached hydrogens (tertiary/aromatic N) is 2. The van der Waals surface area contributed by atoms with Gasteiger partial charge in [-0.2, -0.15) is 5.10 Å². The average molecular weight is 212 g/mol. The number of nitrogens with one attached hydrogen (secondary N) is 1. The summed E-state index contributed by atoms with van der Waals surface area (Å²) < 4.78 is 6.21. The molecule has 0 amide bonds. The number of aromatic nitrogens is 2. The Kier molecular flexibility index (Phi) is 3.54. The van der Waals surface area contributed by atoms with Crippen molar-refractivity contribution in [2.75, 3.05) is 24.7 Å². The highest BCUT2D eigenvalue weighted by molar-refractivity contribution is 5.99. The zero-order valence-corrected chi connectivity index (χ0v) is 9.20. The van der Waals surface area contributed by atoms with Gasteiger partial charge in [0.1, 0.15) is 11.4 Å². The van der Waals surface area contributed by atoms with Crippen molar-refractivity contribution in [3.05, 3.63) is 5.56 Å². The fourth-order valence-corrected chi connectivity index (χ4v) is 1.31. The molecular formula is C9H16N4O2. The summed E-state index contributed by atoms with van der Waals surface area (Å²) in [6, 6.07) is 0. The van der Waals surface area contributed by atoms with Gasteiger partial charge in [-0.15, -0.1) is 0 Å². The van der Waals surface area contributed by atoms with Gasteiger partial charge >= 0.3 is 5.97 Å². The molecule has 15 heavy (non-hydrogen) atoms. The van der Waals surface area contributed by atoms with Crippen LogP contribution in [-0.2, 0) is 11.3 Å². The van der Waals surface area contributed by atoms with E-state index in [-0.39, 0.29) is 0 Å². The van der Waals surface area contributed by atoms with Gasteiger partial charge in [0, 0.05) is 13.1 Å². The fraction of sp³-hybridized carbons (Fsp3) is 0.556. The molecule has 6 nitrogen and oxygen atoms in total. The summed E-state index contributed by atoms with van der Waals surface area (Å²) in [5.41, 5.74) is 6.09. The van der Waals surface area contributed by atoms with Crippen molar-refractivity contribution in [3.8, 4) is 0 Å². The number of esters is 1. The van der Waals surface area contributed by atoms with Crippen molar-refractivity contribution >= 4 is 17.6 Å². The van der Waals surface area contributed by atoms with Crippen molar-refractivity contribution in [1.82, 2.24) is 9.78 Å². The summed E-state index contributed by atoms with van der Waals surface area (Å²) in [7, 11) is 1.32. The third-order valence-corrected chi connectivity index (χ3v) is 2.03. The zero-order valence-electron chi connectivity index (χ0n) is 9.20. The highest BCUT2D eigenvalue weighted by Crippen LogP contribution is 2.22. The second kappa shape index (κ2) is 4.68. The Labute approximate surface area is 88.4 Å². The van der Waals surface area contributed by atoms with E-state index in [1.807, 2.05) is 13.8 Å². The number of nitrogen functional groups attached to an aromatic ring is 1. The smallest absolute Gasteiger partial charge is 0.345 e. The number of methoxy groups -OCH3 is 1. The normalized spacial score (nSPS) is 10.1. The molecule has 0 aliphatic heterocycles. The molecule has 6 heteroatoms. The van der Waals surface area contributed by atoms with Gasteiger partial charge in [-0.3, -0.25) is 0 Å². The first kappa shape index (κ1) is 11.4. The minimum absolute atomic E-state index is 0.307. The monoisotopic (exact) mass is 212 g/mol. The van der Waals surface area contributed by atoms with Gasteiger partial charge in [-0.25, -0.2) is 9.48 Å². The first-order valence-corrected chi connectivity index (χ1v) is 4.84. The Bertz CT molecular complexity index is 359. The van der Waals surface area contributed by atoms with Gasteiger partial charge in [0.05, 0.1) is 7.11 Å². The van der Waals surface area contributed by atoms with Crippen molar-refractivity contribution in [2.24, 2.45) is 0 Å². The van der Waals surface area contributed by atoms with Crippen molar-refractivity contribution in [2.45, 2.75) is 20.4 Å². The number of ether oxygens (including phenoxy) is 1. The topological polar surface area (TPSA) is 82.2 Å². The summed E-state index contributed by atoms with van der Waals surface area (Å²) in [4.78, 5) is 11.5. The van der Waals surface area contributed by atoms with Crippen LogP contribution in [0.3, 0.4) is 0 Å². The SMILES string of the molecule is CCNc1nn(CC)c(N)c1C(=O)OC. The summed E-state index contributed by atoms with van der Waals surface area (Å²) in [6.07, 6.45) is 0. The second-order valence-corrected chi connectivity index (χ2v) is 2.95. The molecule has 0 atom stereocenters. The lowest BCUT2D eigenvalue weighted by atomic mass is 10.3. The van der Waals surface area contributed by atoms with Gasteiger partial charge in [0.15, 0.2) is 5.82 Å². The zero-order chi connectivity index (χ0) is 11.4. The molecule has 0 aliphatic rings. The number of hydrogen-bond donors (Lipinski definition) is 2. The fourth-order valence-electron chi connectivity index (χ4n) is 1.31. The molecule has 0 saturated carbocycles. The third-order valence-electron chi connectivity index (χ3n) is 2.03. The van der Waals surface area contributed by atoms with Crippen LogP contribution in [-0.4, -0.2) is 29.4 Å². The van der Waals surface area contributed by atoms with Crippen LogP contribution in [0.25, 0.3) is 0 Å². The summed E-state index contributed by atoms with van der Waals surface area (Å²) in [5, 5.41) is 7.14. The second-order valence-electron chi connectivity index (χ2n) is 2.95. The van der Waals surface area contributed by atoms with Crippen LogP contribution in [0.5, 0.6) is 0 Å². The van der Waals surface area contributed by atoms with Crippen LogP contribution in [0.15, 0.2) is 0 Å². The van der Waals surface area contributed by atoms with E-state index in [2.05, 4.69) is 15.2 Å². The number of hydrogen-bond acceptors (Lipinski definition) is 5. The van der Waals surface area contributed by atoms with Gasteiger partial charge in [-0.05, 0) is 13.8 Å². The molecule has 84 valence electrons. The molecule has 1 heterocycles. The average Bonchev–Trinajstić information content (AvgIpc) is 2.55. The van der Waals surface area contributed by atoms with Gasteiger partial charge in [-0.1, -0.05) is 0 Å². The van der Waals surface area contributed by atoms with Crippen molar-refractivity contribution < 1.29 is 9.53 Å². The van der Waals surface area contributed by atoms with E-state index in [0.717, 1.165) is 0 Å². The largest absolute Gasteiger partial charge is 0.465 e. The van der Waals surface area contributed by atoms with Gasteiger partial charge in [0.25, 0.3) is 0 Å². The van der Waals surface area contributed by atoms with E-state index in [1.54, 1.807) is 4.68 Å². The van der Waals surface area contributed by atoms with Crippen LogP contribution in [0.2, 0.25) is 0 Å². The standard InChI is InChI=1S/C9H16N4O2/c1-4-11-8-6(9(14)15-3)7(10)13(5-2)12-8/h4-5,10H2,1-3H3,(H,11,12). The Morgan fingerprint density at radius 2 is 2.27 bits per heavy atom. The first-order chi connectivity index (χ1) is 7.15. The molecule has 1 rings (SSSR count). The maximum Gasteiger partial charge on any atom is 0.345 e. The Morgan fingerprint density at radius 1 is 1.60 bits per heavy atom. The summed E-state index contributed by atoms with van der Waals surface area (Å²) in [6.45, 7) is 5.10. The maximum atomic E-state index is 11.5. The lowest BCUT2D eigenvalue weighted by molar-refractivity contribution is 0.0603. The first-order valence-electron chi connectivity index (χ1n) is 4.84. The predicted molar refractivity (Wildman–Crippen MR) is 57.8 cm³/mol. The summed E-state index contributed by atoms with van der Waals surface area (Å²) >= 11 is 0. The number of rotatable bonds is 4. The molecule has 0 saturated heterocycles. The van der Waals surface area contributed by atoms with Crippen LogP contribution < -0.4 is 11.1 Å². The predicted octanol–water partition coefficient (Wildman–Crippen LogP) is 0.704. The molecule has 0 bridgehead atoms. The molecular weight excluding hydrogens is 196 g/mol. The highest BCUT2D eigenvalue weighted by atomic mass is 16.5. The maximum absolute atomic E-state index is 11.5. The molecule has 0 aromatic carbocycles. The molecule has 0 unspecified atom stereocenters. The van der Waals surface area contributed by atoms with Crippen LogP contribution in [0, 0.1) is 0 Å². The minimum Gasteiger partial charge on any atom is -0.465 e. The lowest BCUT2D eigenvalue weighted by Crippen LogP contribution is -2.09. The van der Waals surface area contributed by atoms with E-state index in [1.165, 1.54) is 7.11 Å². The highest BCUT2D eigenvalue weighted by Gasteiger charge is 2.21. The number of nitrogens with two attached hydrogens (primary N) is 1. The van der Waals surface area contributed by atoms with Gasteiger partial charge < -0.3 is 15.8 Å². The Morgan fingerprint density at radius 3 is 2.73 bits per heavy atom. The van der Waals surface area contributed by atoms with E-state index in [0.29, 0.717) is 30.3 Å². The molecule has 0 aliphatic carbocycles. The number of carbonyl (C=O) groups excluding carboxylic acids is 1. The molecule has 0 fully saturated rings. The Balaban J connectivity index is 3.19. The van der Waals surface area contributed by atoms with Crippen molar-refractivity contribution in [1.29, 1.82) is 0 Å². The molecule has 0 spiro atoms. The van der Waals surface area contributed by atoms with E-state index in [9.17, 15) is 4.79 Å². The van der Waals surface area contributed by atoms with E-state index in [4.69, 9.17) is 5.73 Å². The number of aryl methyl sites for hydroxylation is 1. The van der Waals surface area contributed by atoms with Crippen LogP contribution in [0.4, 0.5) is 11.6 Å². The quantitative estimate of drug-likeness (QED) is 0.718.